The van der Waals surface area contributed by atoms with Crippen LogP contribution in [0.2, 0.25) is 0 Å². The second-order valence-corrected chi connectivity index (χ2v) is 0.911. The Bertz CT molecular complexity index is 45.7. The van der Waals surface area contributed by atoms with Gasteiger partial charge in [0.1, 0.15) is 12.6 Å². The van der Waals surface area contributed by atoms with Crippen molar-refractivity contribution >= 4 is 29.9 Å². The molecule has 0 aliphatic carbocycles. The summed E-state index contributed by atoms with van der Waals surface area (Å²) in [4.78, 5) is 18.8. The van der Waals surface area contributed by atoms with Gasteiger partial charge in [0.25, 0.3) is 0 Å². The lowest BCUT2D eigenvalue weighted by Gasteiger charge is -1.68. The molecule has 0 aromatic carbocycles. The van der Waals surface area contributed by atoms with Gasteiger partial charge in [-0.05, 0) is 0 Å². The first kappa shape index (κ1) is 9.98. The molecule has 3 heteroatoms. The predicted molar refractivity (Wildman–Crippen MR) is 31.3 cm³/mol. The molecule has 0 rings (SSSR count). The molecular weight excluding hydrogens is 107 g/mol. The molecule has 0 radical (unpaired) electrons. The molecular formula is C4H9AlO2. The van der Waals surface area contributed by atoms with Gasteiger partial charge in [-0.3, -0.25) is 0 Å². The number of carbonyl (C=O) groups excluding carboxylic acids is 2. The van der Waals surface area contributed by atoms with Gasteiger partial charge in [0.05, 0.1) is 0 Å². The minimum Gasteiger partial charge on any atom is -0.303 e. The van der Waals surface area contributed by atoms with Crippen molar-refractivity contribution in [2.45, 2.75) is 12.8 Å². The van der Waals surface area contributed by atoms with Crippen LogP contribution in [-0.4, -0.2) is 29.9 Å². The Kier molecular flexibility index (Phi) is 13.3. The largest absolute Gasteiger partial charge is 0.303 e. The van der Waals surface area contributed by atoms with Gasteiger partial charge in [-0.1, -0.05) is 0 Å². The van der Waals surface area contributed by atoms with Gasteiger partial charge in [-0.25, -0.2) is 0 Å². The molecule has 0 saturated heterocycles. The molecule has 0 heterocycles. The van der Waals surface area contributed by atoms with Crippen molar-refractivity contribution in [2.24, 2.45) is 0 Å². The highest BCUT2D eigenvalue weighted by molar-refractivity contribution is 5.75. The van der Waals surface area contributed by atoms with E-state index < -0.39 is 0 Å². The summed E-state index contributed by atoms with van der Waals surface area (Å²) in [7, 11) is 0. The van der Waals surface area contributed by atoms with Gasteiger partial charge in [0, 0.05) is 12.8 Å². The predicted octanol–water partition coefficient (Wildman–Crippen LogP) is -1.02. The number of hydrogen-bond donors (Lipinski definition) is 0. The summed E-state index contributed by atoms with van der Waals surface area (Å²) in [6, 6.07) is 0. The quantitative estimate of drug-likeness (QED) is 0.269. The monoisotopic (exact) mass is 116 g/mol. The van der Waals surface area contributed by atoms with Crippen molar-refractivity contribution in [2.75, 3.05) is 0 Å². The molecule has 0 aromatic heterocycles. The molecule has 0 aliphatic heterocycles. The molecule has 0 amide bonds. The average molecular weight is 116 g/mol. The number of carbonyl (C=O) groups is 2. The number of hydrogen-bond acceptors (Lipinski definition) is 2. The van der Waals surface area contributed by atoms with Crippen LogP contribution in [0, 0.1) is 0 Å². The fraction of sp³-hybridized carbons (Fsp3) is 0.500. The van der Waals surface area contributed by atoms with E-state index in [1.54, 1.807) is 0 Å². The van der Waals surface area contributed by atoms with Crippen LogP contribution in [0.1, 0.15) is 12.8 Å². The molecule has 0 unspecified atom stereocenters. The van der Waals surface area contributed by atoms with E-state index in [4.69, 9.17) is 0 Å². The zero-order valence-electron chi connectivity index (χ0n) is 3.39. The summed E-state index contributed by atoms with van der Waals surface area (Å²) < 4.78 is 0. The molecule has 0 aliphatic rings. The Morgan fingerprint density at radius 2 is 1.29 bits per heavy atom. The average Bonchev–Trinajstić information content (AvgIpc) is 1.61. The van der Waals surface area contributed by atoms with Crippen LogP contribution in [0.5, 0.6) is 0 Å². The highest BCUT2D eigenvalue weighted by Crippen LogP contribution is 1.72. The first-order valence-corrected chi connectivity index (χ1v) is 1.79. The fourth-order valence-electron chi connectivity index (χ4n) is 0.136. The topological polar surface area (TPSA) is 34.1 Å². The molecule has 0 spiro atoms. The van der Waals surface area contributed by atoms with Gasteiger partial charge in [-0.2, -0.15) is 0 Å². The molecule has 0 atom stereocenters. The third-order valence-electron chi connectivity index (χ3n) is 0.402. The van der Waals surface area contributed by atoms with Crippen LogP contribution in [0.4, 0.5) is 0 Å². The van der Waals surface area contributed by atoms with Crippen molar-refractivity contribution in [3.8, 4) is 0 Å². The highest BCUT2D eigenvalue weighted by Gasteiger charge is 1.74. The summed E-state index contributed by atoms with van der Waals surface area (Å²) in [5.41, 5.74) is 0. The van der Waals surface area contributed by atoms with Crippen molar-refractivity contribution in [1.82, 2.24) is 0 Å². The molecule has 40 valence electrons. The summed E-state index contributed by atoms with van der Waals surface area (Å²) in [6.45, 7) is 0. The minimum absolute atomic E-state index is 0. The summed E-state index contributed by atoms with van der Waals surface area (Å²) in [5, 5.41) is 0. The minimum atomic E-state index is 0. The highest BCUT2D eigenvalue weighted by atomic mass is 27.0. The lowest BCUT2D eigenvalue weighted by Crippen LogP contribution is -1.73. The molecule has 7 heavy (non-hydrogen) atoms. The van der Waals surface area contributed by atoms with Gasteiger partial charge in [0.2, 0.25) is 0 Å². The molecule has 0 N–H and O–H groups in total. The molecule has 0 bridgehead atoms. The fourth-order valence-corrected chi connectivity index (χ4v) is 0.136. The Morgan fingerprint density at radius 1 is 1.00 bits per heavy atom. The van der Waals surface area contributed by atoms with Gasteiger partial charge >= 0.3 is 0 Å². The zero-order chi connectivity index (χ0) is 4.83. The van der Waals surface area contributed by atoms with Gasteiger partial charge in [-0.15, -0.1) is 0 Å². The van der Waals surface area contributed by atoms with Crippen molar-refractivity contribution in [3.05, 3.63) is 0 Å². The van der Waals surface area contributed by atoms with Crippen LogP contribution < -0.4 is 0 Å². The number of rotatable bonds is 3. The third-order valence-corrected chi connectivity index (χ3v) is 0.402. The van der Waals surface area contributed by atoms with E-state index in [0.717, 1.165) is 12.6 Å². The van der Waals surface area contributed by atoms with E-state index in [2.05, 4.69) is 0 Å². The van der Waals surface area contributed by atoms with Gasteiger partial charge < -0.3 is 9.59 Å². The Hall–Kier alpha value is -0.128. The van der Waals surface area contributed by atoms with E-state index in [-0.39, 0.29) is 17.4 Å². The van der Waals surface area contributed by atoms with Crippen LogP contribution in [0.3, 0.4) is 0 Å². The summed E-state index contributed by atoms with van der Waals surface area (Å²) in [6.07, 6.45) is 2.19. The first-order chi connectivity index (χ1) is 2.91. The third kappa shape index (κ3) is 10.7. The van der Waals surface area contributed by atoms with E-state index in [0.29, 0.717) is 12.8 Å². The maximum Gasteiger partial charge on any atom is 0.187 e. The van der Waals surface area contributed by atoms with Crippen molar-refractivity contribution < 1.29 is 9.59 Å². The molecule has 0 saturated carbocycles. The zero-order valence-corrected chi connectivity index (χ0v) is 3.39. The van der Waals surface area contributed by atoms with E-state index in [1.165, 1.54) is 0 Å². The Morgan fingerprint density at radius 3 is 1.43 bits per heavy atom. The summed E-state index contributed by atoms with van der Waals surface area (Å²) in [5.74, 6) is 0. The van der Waals surface area contributed by atoms with Crippen LogP contribution in [0.25, 0.3) is 0 Å². The smallest absolute Gasteiger partial charge is 0.187 e. The van der Waals surface area contributed by atoms with Crippen molar-refractivity contribution in [3.63, 3.8) is 0 Å². The van der Waals surface area contributed by atoms with Gasteiger partial charge in [0.15, 0.2) is 17.4 Å². The normalized spacial score (nSPS) is 6.29. The number of aldehydes is 2. The van der Waals surface area contributed by atoms with Crippen molar-refractivity contribution in [1.29, 1.82) is 0 Å². The second-order valence-electron chi connectivity index (χ2n) is 0.911. The molecule has 2 nitrogen and oxygen atoms in total. The first-order valence-electron chi connectivity index (χ1n) is 1.79. The Labute approximate surface area is 53.0 Å². The lowest BCUT2D eigenvalue weighted by molar-refractivity contribution is -0.112. The van der Waals surface area contributed by atoms with E-state index in [1.807, 2.05) is 0 Å². The van der Waals surface area contributed by atoms with Crippen LogP contribution in [0.15, 0.2) is 0 Å². The standard InChI is InChI=1S/C4H6O2.Al.3H/c5-3-1-2-4-6;;;;/h3-4H,1-2H2;;;;. The van der Waals surface area contributed by atoms with Crippen LogP contribution in [-0.2, 0) is 9.59 Å². The maximum atomic E-state index is 9.40. The summed E-state index contributed by atoms with van der Waals surface area (Å²) >= 11 is 0. The van der Waals surface area contributed by atoms with Crippen LogP contribution >= 0.6 is 0 Å². The SMILES string of the molecule is O=CCCC=O.[AlH3]. The lowest BCUT2D eigenvalue weighted by atomic mass is 10.4. The van der Waals surface area contributed by atoms with E-state index >= 15 is 0 Å². The molecule has 0 fully saturated rings. The molecule has 0 aromatic rings. The van der Waals surface area contributed by atoms with E-state index in [9.17, 15) is 9.59 Å². The second kappa shape index (κ2) is 9.30. The Balaban J connectivity index is 0. The maximum absolute atomic E-state index is 9.40. The number of unbranched alkanes of at least 4 members (excludes halogenated alkanes) is 1.